The van der Waals surface area contributed by atoms with Crippen molar-refractivity contribution < 1.29 is 4.57 Å². The molecule has 0 fully saturated rings. The van der Waals surface area contributed by atoms with Gasteiger partial charge >= 0.3 is 0 Å². The van der Waals surface area contributed by atoms with Crippen LogP contribution in [0.1, 0.15) is 0 Å². The predicted octanol–water partition coefficient (Wildman–Crippen LogP) is 2.88. The van der Waals surface area contributed by atoms with Crippen molar-refractivity contribution in [2.45, 2.75) is 0 Å². The van der Waals surface area contributed by atoms with E-state index in [4.69, 9.17) is 0 Å². The second-order valence-electron chi connectivity index (χ2n) is 3.47. The number of fused-ring (bicyclic) bond motifs is 3. The molecule has 14 heavy (non-hydrogen) atoms. The number of aryl methyl sites for hydroxylation is 1. The average molecular weight is 200 g/mol. The molecule has 1 aromatic heterocycles. The van der Waals surface area contributed by atoms with Gasteiger partial charge in [0, 0.05) is 11.5 Å². The number of hydrogen-bond donors (Lipinski definition) is 0. The molecule has 1 heterocycles. The minimum absolute atomic E-state index is 1.31. The molecule has 0 spiro atoms. The highest BCUT2D eigenvalue weighted by Gasteiger charge is 2.09. The van der Waals surface area contributed by atoms with Crippen molar-refractivity contribution in [1.82, 2.24) is 0 Å². The van der Waals surface area contributed by atoms with Crippen molar-refractivity contribution in [3.8, 4) is 0 Å². The zero-order valence-electron chi connectivity index (χ0n) is 7.90. The molecule has 0 amide bonds. The number of thiazole rings is 1. The zero-order valence-corrected chi connectivity index (χ0v) is 8.71. The van der Waals surface area contributed by atoms with E-state index in [1.807, 2.05) is 0 Å². The van der Waals surface area contributed by atoms with Crippen LogP contribution in [0.25, 0.3) is 21.0 Å². The largest absolute Gasteiger partial charge is 0.225 e. The van der Waals surface area contributed by atoms with E-state index >= 15 is 0 Å². The number of aromatic nitrogens is 1. The van der Waals surface area contributed by atoms with E-state index in [2.05, 4.69) is 53.5 Å². The van der Waals surface area contributed by atoms with Gasteiger partial charge in [-0.15, -0.1) is 0 Å². The fraction of sp³-hybridized carbons (Fsp3) is 0.0833. The fourth-order valence-electron chi connectivity index (χ4n) is 1.82. The Kier molecular flexibility index (Phi) is 1.58. The molecule has 0 unspecified atom stereocenters. The van der Waals surface area contributed by atoms with Gasteiger partial charge in [0.05, 0.1) is 0 Å². The molecule has 0 radical (unpaired) electrons. The first-order chi connectivity index (χ1) is 6.86. The number of hydrogen-bond acceptors (Lipinski definition) is 1. The first kappa shape index (κ1) is 7.94. The van der Waals surface area contributed by atoms with Gasteiger partial charge in [0.2, 0.25) is 11.0 Å². The molecule has 0 aliphatic heterocycles. The van der Waals surface area contributed by atoms with E-state index in [0.29, 0.717) is 0 Å². The Labute approximate surface area is 86.2 Å². The Balaban J connectivity index is 2.61. The highest BCUT2D eigenvalue weighted by atomic mass is 32.1. The van der Waals surface area contributed by atoms with Crippen LogP contribution in [-0.4, -0.2) is 0 Å². The Morgan fingerprint density at radius 1 is 1.07 bits per heavy atom. The Morgan fingerprint density at radius 3 is 2.86 bits per heavy atom. The summed E-state index contributed by atoms with van der Waals surface area (Å²) in [5.41, 5.74) is 3.46. The van der Waals surface area contributed by atoms with Gasteiger partial charge in [-0.25, -0.2) is 0 Å². The molecule has 0 aliphatic carbocycles. The highest BCUT2D eigenvalue weighted by Crippen LogP contribution is 2.26. The second kappa shape index (κ2) is 2.79. The third-order valence-corrected chi connectivity index (χ3v) is 3.65. The van der Waals surface area contributed by atoms with E-state index in [1.165, 1.54) is 21.0 Å². The first-order valence-electron chi connectivity index (χ1n) is 4.61. The van der Waals surface area contributed by atoms with Gasteiger partial charge in [0.15, 0.2) is 0 Å². The first-order valence-corrected chi connectivity index (χ1v) is 5.49. The van der Waals surface area contributed by atoms with Crippen LogP contribution in [0.3, 0.4) is 0 Å². The molecular weight excluding hydrogens is 190 g/mol. The van der Waals surface area contributed by atoms with Gasteiger partial charge in [0.1, 0.15) is 11.7 Å². The van der Waals surface area contributed by atoms with Crippen LogP contribution in [0.5, 0.6) is 0 Å². The lowest BCUT2D eigenvalue weighted by molar-refractivity contribution is -0.640. The molecule has 2 aromatic carbocycles. The maximum absolute atomic E-state index is 2.19. The van der Waals surface area contributed by atoms with Gasteiger partial charge < -0.3 is 0 Å². The maximum atomic E-state index is 2.19. The van der Waals surface area contributed by atoms with Crippen LogP contribution in [0, 0.1) is 0 Å². The van der Waals surface area contributed by atoms with E-state index < -0.39 is 0 Å². The van der Waals surface area contributed by atoms with E-state index in [0.717, 1.165) is 0 Å². The summed E-state index contributed by atoms with van der Waals surface area (Å²) in [6.07, 6.45) is 0. The summed E-state index contributed by atoms with van der Waals surface area (Å²) in [6.45, 7) is 0. The summed E-state index contributed by atoms with van der Waals surface area (Å²) in [5, 5.41) is 2.68. The highest BCUT2D eigenvalue weighted by molar-refractivity contribution is 7.17. The summed E-state index contributed by atoms with van der Waals surface area (Å²) in [4.78, 5) is 0. The molecule has 2 heteroatoms. The van der Waals surface area contributed by atoms with Crippen LogP contribution in [-0.2, 0) is 7.05 Å². The van der Waals surface area contributed by atoms with Crippen molar-refractivity contribution in [3.05, 3.63) is 41.9 Å². The quantitative estimate of drug-likeness (QED) is 0.491. The molecule has 0 aliphatic rings. The van der Waals surface area contributed by atoms with Crippen LogP contribution in [0.4, 0.5) is 0 Å². The summed E-state index contributed by atoms with van der Waals surface area (Å²) < 4.78 is 3.55. The summed E-state index contributed by atoms with van der Waals surface area (Å²) in [7, 11) is 2.09. The molecule has 0 saturated heterocycles. The SMILES string of the molecule is C[n+]1csc2c3ccccc3ccc21. The fourth-order valence-corrected chi connectivity index (χ4v) is 2.84. The molecule has 3 aromatic rings. The third-order valence-electron chi connectivity index (χ3n) is 2.57. The maximum Gasteiger partial charge on any atom is 0.225 e. The van der Waals surface area contributed by atoms with Gasteiger partial charge in [-0.1, -0.05) is 35.6 Å². The molecule has 3 rings (SSSR count). The summed E-state index contributed by atoms with van der Waals surface area (Å²) in [5.74, 6) is 0. The lowest BCUT2D eigenvalue weighted by Crippen LogP contribution is -2.24. The molecular formula is C12H10NS+. The smallest absolute Gasteiger partial charge is 0.191 e. The minimum atomic E-state index is 1.31. The van der Waals surface area contributed by atoms with Crippen molar-refractivity contribution >= 4 is 32.3 Å². The lowest BCUT2D eigenvalue weighted by atomic mass is 10.1. The summed E-state index contributed by atoms with van der Waals surface area (Å²) in [6, 6.07) is 12.9. The number of nitrogens with zero attached hydrogens (tertiary/aromatic N) is 1. The van der Waals surface area contributed by atoms with Crippen molar-refractivity contribution in [3.63, 3.8) is 0 Å². The normalized spacial score (nSPS) is 11.2. The van der Waals surface area contributed by atoms with E-state index in [9.17, 15) is 0 Å². The lowest BCUT2D eigenvalue weighted by Gasteiger charge is -1.95. The zero-order chi connectivity index (χ0) is 9.54. The second-order valence-corrected chi connectivity index (χ2v) is 4.32. The van der Waals surface area contributed by atoms with E-state index in [1.54, 1.807) is 11.3 Å². The molecule has 0 atom stereocenters. The molecule has 0 bridgehead atoms. The van der Waals surface area contributed by atoms with Crippen LogP contribution < -0.4 is 4.57 Å². The van der Waals surface area contributed by atoms with Gasteiger partial charge in [0.25, 0.3) is 0 Å². The molecule has 1 nitrogen and oxygen atoms in total. The van der Waals surface area contributed by atoms with Gasteiger partial charge in [-0.05, 0) is 11.5 Å². The third kappa shape index (κ3) is 0.976. The van der Waals surface area contributed by atoms with Crippen molar-refractivity contribution in [1.29, 1.82) is 0 Å². The number of rotatable bonds is 0. The summed E-state index contributed by atoms with van der Waals surface area (Å²) >= 11 is 1.81. The van der Waals surface area contributed by atoms with Crippen LogP contribution in [0.2, 0.25) is 0 Å². The predicted molar refractivity (Wildman–Crippen MR) is 60.5 cm³/mol. The number of benzene rings is 2. The minimum Gasteiger partial charge on any atom is -0.191 e. The van der Waals surface area contributed by atoms with Gasteiger partial charge in [-0.3, -0.25) is 0 Å². The van der Waals surface area contributed by atoms with Gasteiger partial charge in [-0.2, -0.15) is 4.57 Å². The monoisotopic (exact) mass is 200 g/mol. The Morgan fingerprint density at radius 2 is 1.93 bits per heavy atom. The Bertz CT molecular complexity index is 610. The van der Waals surface area contributed by atoms with Crippen molar-refractivity contribution in [2.24, 2.45) is 7.05 Å². The topological polar surface area (TPSA) is 3.88 Å². The van der Waals surface area contributed by atoms with Crippen LogP contribution in [0.15, 0.2) is 41.9 Å². The standard InChI is InChI=1S/C12H10NS/c1-13-8-14-12-10-5-3-2-4-9(10)6-7-11(12)13/h2-8H,1H3/q+1. The molecule has 0 saturated carbocycles. The van der Waals surface area contributed by atoms with Crippen molar-refractivity contribution in [2.75, 3.05) is 0 Å². The Hall–Kier alpha value is -1.41. The molecule has 0 N–H and O–H groups in total. The van der Waals surface area contributed by atoms with E-state index in [-0.39, 0.29) is 0 Å². The average Bonchev–Trinajstić information content (AvgIpc) is 2.61. The molecule has 68 valence electrons. The van der Waals surface area contributed by atoms with Crippen LogP contribution >= 0.6 is 11.3 Å².